The van der Waals surface area contributed by atoms with Crippen LogP contribution in [-0.2, 0) is 19.1 Å². The summed E-state index contributed by atoms with van der Waals surface area (Å²) in [4.78, 5) is 48.1. The first-order valence-corrected chi connectivity index (χ1v) is 7.78. The molecule has 1 saturated heterocycles. The van der Waals surface area contributed by atoms with E-state index >= 15 is 0 Å². The van der Waals surface area contributed by atoms with Crippen molar-refractivity contribution in [3.63, 3.8) is 0 Å². The van der Waals surface area contributed by atoms with Crippen molar-refractivity contribution in [3.05, 3.63) is 29.8 Å². The molecule has 0 aromatic heterocycles. The molecule has 1 aliphatic rings. The molecule has 0 saturated carbocycles. The maximum atomic E-state index is 12.0. The van der Waals surface area contributed by atoms with Crippen molar-refractivity contribution in [2.45, 2.75) is 26.7 Å². The van der Waals surface area contributed by atoms with Gasteiger partial charge in [0.2, 0.25) is 11.8 Å². The molecule has 0 bridgehead atoms. The summed E-state index contributed by atoms with van der Waals surface area (Å²) in [7, 11) is 0. The van der Waals surface area contributed by atoms with Crippen molar-refractivity contribution in [3.8, 4) is 0 Å². The van der Waals surface area contributed by atoms with Crippen molar-refractivity contribution >= 4 is 29.4 Å². The van der Waals surface area contributed by atoms with E-state index in [2.05, 4.69) is 5.32 Å². The molecule has 0 radical (unpaired) electrons. The van der Waals surface area contributed by atoms with E-state index in [-0.39, 0.29) is 42.7 Å². The Morgan fingerprint density at radius 3 is 2.50 bits per heavy atom. The van der Waals surface area contributed by atoms with Gasteiger partial charge in [0.15, 0.2) is 6.61 Å². The molecule has 7 heteroatoms. The van der Waals surface area contributed by atoms with Crippen molar-refractivity contribution in [1.82, 2.24) is 5.32 Å². The summed E-state index contributed by atoms with van der Waals surface area (Å²) in [6, 6.07) is 6.05. The van der Waals surface area contributed by atoms with Crippen LogP contribution in [0, 0.1) is 5.92 Å². The number of carbonyl (C=O) groups excluding carboxylic acids is 4. The lowest BCUT2D eigenvalue weighted by atomic mass is 10.2. The minimum absolute atomic E-state index is 0.170. The first kappa shape index (κ1) is 17.7. The second-order valence-electron chi connectivity index (χ2n) is 5.95. The van der Waals surface area contributed by atoms with Gasteiger partial charge in [0.1, 0.15) is 0 Å². The zero-order valence-electron chi connectivity index (χ0n) is 13.7. The zero-order valence-corrected chi connectivity index (χ0v) is 13.7. The molecule has 128 valence electrons. The quantitative estimate of drug-likeness (QED) is 0.625. The molecule has 1 fully saturated rings. The molecule has 0 spiro atoms. The topological polar surface area (TPSA) is 92.8 Å². The maximum absolute atomic E-state index is 12.0. The minimum Gasteiger partial charge on any atom is -0.452 e. The first-order chi connectivity index (χ1) is 11.4. The minimum atomic E-state index is -0.685. The summed E-state index contributed by atoms with van der Waals surface area (Å²) in [5.74, 6) is -1.34. The molecule has 2 rings (SSSR count). The number of anilines is 1. The highest BCUT2D eigenvalue weighted by Crippen LogP contribution is 2.23. The fourth-order valence-electron chi connectivity index (χ4n) is 2.22. The Morgan fingerprint density at radius 1 is 1.21 bits per heavy atom. The largest absolute Gasteiger partial charge is 0.452 e. The van der Waals surface area contributed by atoms with E-state index in [0.29, 0.717) is 18.2 Å². The Labute approximate surface area is 140 Å². The van der Waals surface area contributed by atoms with Crippen LogP contribution in [0.2, 0.25) is 0 Å². The third kappa shape index (κ3) is 4.41. The molecule has 1 aliphatic heterocycles. The van der Waals surface area contributed by atoms with Gasteiger partial charge < -0.3 is 10.1 Å². The lowest BCUT2D eigenvalue weighted by Crippen LogP contribution is -2.31. The van der Waals surface area contributed by atoms with Gasteiger partial charge in [-0.15, -0.1) is 0 Å². The van der Waals surface area contributed by atoms with Crippen LogP contribution >= 0.6 is 0 Å². The van der Waals surface area contributed by atoms with E-state index in [1.165, 1.54) is 12.1 Å². The number of nitrogens with one attached hydrogen (secondary N) is 1. The van der Waals surface area contributed by atoms with Gasteiger partial charge in [0.25, 0.3) is 5.91 Å². The van der Waals surface area contributed by atoms with Gasteiger partial charge in [0, 0.05) is 19.4 Å². The predicted octanol–water partition coefficient (Wildman–Crippen LogP) is 1.27. The molecule has 0 unspecified atom stereocenters. The van der Waals surface area contributed by atoms with Crippen molar-refractivity contribution in [2.24, 2.45) is 5.92 Å². The van der Waals surface area contributed by atoms with Crippen LogP contribution in [0.3, 0.4) is 0 Å². The lowest BCUT2D eigenvalue weighted by molar-refractivity contribution is -0.124. The van der Waals surface area contributed by atoms with E-state index in [9.17, 15) is 19.2 Å². The highest BCUT2D eigenvalue weighted by Gasteiger charge is 2.30. The van der Waals surface area contributed by atoms with Crippen LogP contribution in [0.15, 0.2) is 24.3 Å². The molecule has 1 aromatic carbocycles. The van der Waals surface area contributed by atoms with Crippen LogP contribution < -0.4 is 10.2 Å². The van der Waals surface area contributed by atoms with Crippen LogP contribution in [0.4, 0.5) is 5.69 Å². The summed E-state index contributed by atoms with van der Waals surface area (Å²) in [6.45, 7) is 4.04. The highest BCUT2D eigenvalue weighted by molar-refractivity contribution is 6.20. The summed E-state index contributed by atoms with van der Waals surface area (Å²) in [6.07, 6.45) is 0.340. The highest BCUT2D eigenvalue weighted by atomic mass is 16.5. The van der Waals surface area contributed by atoms with Crippen LogP contribution in [0.1, 0.15) is 37.0 Å². The number of nitrogens with zero attached hydrogens (tertiary/aromatic N) is 1. The number of benzene rings is 1. The average Bonchev–Trinajstić information content (AvgIpc) is 2.89. The van der Waals surface area contributed by atoms with Gasteiger partial charge in [-0.3, -0.25) is 19.3 Å². The van der Waals surface area contributed by atoms with E-state index in [4.69, 9.17) is 4.74 Å². The Morgan fingerprint density at radius 2 is 1.88 bits per heavy atom. The number of imide groups is 1. The first-order valence-electron chi connectivity index (χ1n) is 7.78. The maximum Gasteiger partial charge on any atom is 0.338 e. The van der Waals surface area contributed by atoms with Crippen molar-refractivity contribution in [2.75, 3.05) is 18.1 Å². The predicted molar refractivity (Wildman–Crippen MR) is 86.3 cm³/mol. The second kappa shape index (κ2) is 7.72. The van der Waals surface area contributed by atoms with Gasteiger partial charge in [0.05, 0.1) is 11.3 Å². The monoisotopic (exact) mass is 332 g/mol. The summed E-state index contributed by atoms with van der Waals surface area (Å²) in [5, 5.41) is 2.64. The molecular formula is C17H20N2O5. The molecule has 7 nitrogen and oxygen atoms in total. The molecular weight excluding hydrogens is 312 g/mol. The Hall–Kier alpha value is -2.70. The third-order valence-electron chi connectivity index (χ3n) is 3.43. The lowest BCUT2D eigenvalue weighted by Gasteiger charge is -2.14. The van der Waals surface area contributed by atoms with Crippen LogP contribution in [0.5, 0.6) is 0 Å². The average molecular weight is 332 g/mol. The smallest absolute Gasteiger partial charge is 0.338 e. The number of rotatable bonds is 6. The van der Waals surface area contributed by atoms with Gasteiger partial charge in [-0.25, -0.2) is 4.79 Å². The van der Waals surface area contributed by atoms with E-state index < -0.39 is 5.97 Å². The van der Waals surface area contributed by atoms with Crippen LogP contribution in [-0.4, -0.2) is 36.8 Å². The Bertz CT molecular complexity index is 653. The van der Waals surface area contributed by atoms with Gasteiger partial charge >= 0.3 is 5.97 Å². The molecule has 1 aromatic rings. The summed E-state index contributed by atoms with van der Waals surface area (Å²) >= 11 is 0. The number of esters is 1. The number of ether oxygens (including phenoxy) is 1. The summed E-state index contributed by atoms with van der Waals surface area (Å²) in [5.41, 5.74) is 0.512. The summed E-state index contributed by atoms with van der Waals surface area (Å²) < 4.78 is 4.95. The van der Waals surface area contributed by atoms with Crippen molar-refractivity contribution < 1.29 is 23.9 Å². The zero-order chi connectivity index (χ0) is 17.7. The molecule has 3 amide bonds. The normalized spacial score (nSPS) is 14.2. The molecule has 24 heavy (non-hydrogen) atoms. The van der Waals surface area contributed by atoms with Crippen molar-refractivity contribution in [1.29, 1.82) is 0 Å². The number of carbonyl (C=O) groups is 4. The van der Waals surface area contributed by atoms with Gasteiger partial charge in [-0.2, -0.15) is 0 Å². The molecule has 0 atom stereocenters. The van der Waals surface area contributed by atoms with Gasteiger partial charge in [-0.1, -0.05) is 19.9 Å². The standard InChI is InChI=1S/C17H20N2O5/c1-11(2)9-18-14(20)10-24-17(23)12-4-3-5-13(8-12)19-15(21)6-7-16(19)22/h3-5,8,11H,6-7,9-10H2,1-2H3,(H,18,20). The van der Waals surface area contributed by atoms with Gasteiger partial charge in [-0.05, 0) is 24.1 Å². The SMILES string of the molecule is CC(C)CNC(=O)COC(=O)c1cccc(N2C(=O)CCC2=O)c1. The Kier molecular flexibility index (Phi) is 5.68. The number of hydrogen-bond acceptors (Lipinski definition) is 5. The fraction of sp³-hybridized carbons (Fsp3) is 0.412. The van der Waals surface area contributed by atoms with Crippen LogP contribution in [0.25, 0.3) is 0 Å². The molecule has 1 heterocycles. The number of amides is 3. The molecule has 0 aliphatic carbocycles. The van der Waals surface area contributed by atoms with E-state index in [0.717, 1.165) is 4.90 Å². The van der Waals surface area contributed by atoms with E-state index in [1.807, 2.05) is 13.8 Å². The van der Waals surface area contributed by atoms with E-state index in [1.54, 1.807) is 12.1 Å². The second-order valence-corrected chi connectivity index (χ2v) is 5.95. The number of hydrogen-bond donors (Lipinski definition) is 1. The fourth-order valence-corrected chi connectivity index (χ4v) is 2.22. The third-order valence-corrected chi connectivity index (χ3v) is 3.43. The Balaban J connectivity index is 1.98. The molecule has 1 N–H and O–H groups in total.